The maximum Gasteiger partial charge on any atom is 0.344 e. The Bertz CT molecular complexity index is 973. The molecule has 0 aromatic heterocycles. The van der Waals surface area contributed by atoms with Gasteiger partial charge in [-0.3, -0.25) is 4.79 Å². The number of nitrogens with one attached hydrogen (secondary N) is 2. The number of hydrogen-bond donors (Lipinski definition) is 2. The van der Waals surface area contributed by atoms with E-state index in [2.05, 4.69) is 74.9 Å². The predicted molar refractivity (Wildman–Crippen MR) is 141 cm³/mol. The summed E-state index contributed by atoms with van der Waals surface area (Å²) in [7, 11) is 0. The minimum Gasteiger partial charge on any atom is -0.480 e. The number of esters is 1. The normalized spacial score (nSPS) is 16.8. The van der Waals surface area contributed by atoms with Crippen molar-refractivity contribution in [1.82, 2.24) is 5.32 Å². The van der Waals surface area contributed by atoms with Gasteiger partial charge in [-0.1, -0.05) is 30.8 Å². The summed E-state index contributed by atoms with van der Waals surface area (Å²) < 4.78 is 12.2. The summed E-state index contributed by atoms with van der Waals surface area (Å²) in [5.74, 6) is 0.123. The molecule has 1 aliphatic rings. The third kappa shape index (κ3) is 6.75. The van der Waals surface area contributed by atoms with Crippen LogP contribution in [0.4, 0.5) is 5.69 Å². The molecule has 9 heteroatoms. The summed E-state index contributed by atoms with van der Waals surface area (Å²) in [6, 6.07) is 12.1. The lowest BCUT2D eigenvalue weighted by Crippen LogP contribution is -2.30. The van der Waals surface area contributed by atoms with Crippen molar-refractivity contribution >= 4 is 80.6 Å². The van der Waals surface area contributed by atoms with E-state index in [-0.39, 0.29) is 18.0 Å². The lowest BCUT2D eigenvalue weighted by atomic mass is 10.1. The number of rotatable bonds is 8. The molecule has 1 atom stereocenters. The van der Waals surface area contributed by atoms with Crippen LogP contribution in [-0.2, 0) is 20.7 Å². The van der Waals surface area contributed by atoms with E-state index >= 15 is 0 Å². The van der Waals surface area contributed by atoms with Gasteiger partial charge >= 0.3 is 5.97 Å². The predicted octanol–water partition coefficient (Wildman–Crippen LogP) is 5.00. The van der Waals surface area contributed by atoms with Gasteiger partial charge in [0, 0.05) is 5.69 Å². The smallest absolute Gasteiger partial charge is 0.344 e. The van der Waals surface area contributed by atoms with Crippen LogP contribution >= 0.6 is 56.9 Å². The van der Waals surface area contributed by atoms with E-state index in [1.54, 1.807) is 6.92 Å². The van der Waals surface area contributed by atoms with E-state index < -0.39 is 5.97 Å². The summed E-state index contributed by atoms with van der Waals surface area (Å²) in [6.45, 7) is 4.06. The highest BCUT2D eigenvalue weighted by atomic mass is 127. The molecule has 164 valence electrons. The molecule has 1 heterocycles. The van der Waals surface area contributed by atoms with E-state index in [1.807, 2.05) is 30.3 Å². The molecule has 0 spiro atoms. The number of benzene rings is 2. The standard InChI is InChI=1S/C22H22I2N2O4S/c1-3-13-5-7-15(8-6-13)25-22-26-21(28)18(31-22)11-14-9-16(23)20(17(24)10-14)30-12-19(27)29-4-2/h5-11,22,25H,3-4,12H2,1-2H3,(H,26,28)/b18-11-/t22-/m1/s1. The Hall–Kier alpha value is -1.47. The van der Waals surface area contributed by atoms with E-state index in [9.17, 15) is 9.59 Å². The molecule has 0 aliphatic carbocycles. The maximum atomic E-state index is 12.4. The summed E-state index contributed by atoms with van der Waals surface area (Å²) in [4.78, 5) is 24.6. The van der Waals surface area contributed by atoms with Crippen LogP contribution in [0.25, 0.3) is 6.08 Å². The van der Waals surface area contributed by atoms with Crippen molar-refractivity contribution in [3.05, 3.63) is 59.6 Å². The van der Waals surface area contributed by atoms with Gasteiger partial charge < -0.3 is 20.1 Å². The number of carbonyl (C=O) groups excluding carboxylic acids is 2. The molecular formula is C22H22I2N2O4S. The molecule has 1 aliphatic heterocycles. The van der Waals surface area contributed by atoms with Crippen LogP contribution in [-0.4, -0.2) is 30.6 Å². The quantitative estimate of drug-likeness (QED) is 0.235. The minimum atomic E-state index is -0.401. The van der Waals surface area contributed by atoms with Crippen LogP contribution in [0.3, 0.4) is 0 Å². The van der Waals surface area contributed by atoms with Gasteiger partial charge in [-0.25, -0.2) is 4.79 Å². The number of ether oxygens (including phenoxy) is 2. The van der Waals surface area contributed by atoms with Crippen molar-refractivity contribution in [2.75, 3.05) is 18.5 Å². The molecule has 0 saturated carbocycles. The molecule has 0 unspecified atom stereocenters. The number of aryl methyl sites for hydroxylation is 1. The molecule has 31 heavy (non-hydrogen) atoms. The molecule has 2 N–H and O–H groups in total. The van der Waals surface area contributed by atoms with Gasteiger partial charge in [0.25, 0.3) is 5.91 Å². The van der Waals surface area contributed by atoms with E-state index in [4.69, 9.17) is 9.47 Å². The Labute approximate surface area is 213 Å². The Kier molecular flexibility index (Phi) is 8.90. The zero-order chi connectivity index (χ0) is 22.4. The number of anilines is 1. The Morgan fingerprint density at radius 2 is 1.87 bits per heavy atom. The highest BCUT2D eigenvalue weighted by Crippen LogP contribution is 2.33. The van der Waals surface area contributed by atoms with Crippen LogP contribution in [0.15, 0.2) is 41.3 Å². The molecule has 1 amide bonds. The van der Waals surface area contributed by atoms with Gasteiger partial charge in [-0.15, -0.1) is 0 Å². The van der Waals surface area contributed by atoms with Gasteiger partial charge in [-0.2, -0.15) is 0 Å². The fourth-order valence-corrected chi connectivity index (χ4v) is 5.95. The lowest BCUT2D eigenvalue weighted by Gasteiger charge is -2.13. The van der Waals surface area contributed by atoms with Crippen LogP contribution in [0, 0.1) is 7.14 Å². The number of hydrogen-bond acceptors (Lipinski definition) is 6. The van der Waals surface area contributed by atoms with Crippen molar-refractivity contribution in [3.8, 4) is 5.75 Å². The Morgan fingerprint density at radius 1 is 1.19 bits per heavy atom. The highest BCUT2D eigenvalue weighted by molar-refractivity contribution is 14.1. The van der Waals surface area contributed by atoms with Crippen molar-refractivity contribution in [3.63, 3.8) is 0 Å². The maximum absolute atomic E-state index is 12.4. The monoisotopic (exact) mass is 664 g/mol. The second-order valence-electron chi connectivity index (χ2n) is 6.58. The van der Waals surface area contributed by atoms with Crippen molar-refractivity contribution in [2.24, 2.45) is 0 Å². The third-order valence-electron chi connectivity index (χ3n) is 4.35. The Balaban J connectivity index is 1.67. The fraction of sp³-hybridized carbons (Fsp3) is 0.273. The molecule has 2 aromatic rings. The molecule has 2 aromatic carbocycles. The molecule has 1 fully saturated rings. The van der Waals surface area contributed by atoms with E-state index in [0.29, 0.717) is 17.3 Å². The average molecular weight is 664 g/mol. The molecule has 6 nitrogen and oxygen atoms in total. The summed E-state index contributed by atoms with van der Waals surface area (Å²) >= 11 is 5.78. The van der Waals surface area contributed by atoms with Crippen LogP contribution in [0.1, 0.15) is 25.0 Å². The second-order valence-corrected chi connectivity index (χ2v) is 10.1. The molecular weight excluding hydrogens is 642 g/mol. The fourth-order valence-electron chi connectivity index (χ4n) is 2.84. The minimum absolute atomic E-state index is 0.111. The van der Waals surface area contributed by atoms with Gasteiger partial charge in [-0.05, 0) is 100.0 Å². The topological polar surface area (TPSA) is 76.7 Å². The van der Waals surface area contributed by atoms with Crippen LogP contribution < -0.4 is 15.4 Å². The third-order valence-corrected chi connectivity index (χ3v) is 6.98. The first-order valence-corrected chi connectivity index (χ1v) is 12.8. The number of thioether (sulfide) groups is 1. The van der Waals surface area contributed by atoms with Gasteiger partial charge in [0.2, 0.25) is 0 Å². The van der Waals surface area contributed by atoms with E-state index in [0.717, 1.165) is 24.8 Å². The average Bonchev–Trinajstić information content (AvgIpc) is 3.06. The zero-order valence-corrected chi connectivity index (χ0v) is 22.2. The van der Waals surface area contributed by atoms with Gasteiger partial charge in [0.1, 0.15) is 5.75 Å². The first-order valence-electron chi connectivity index (χ1n) is 9.71. The van der Waals surface area contributed by atoms with Gasteiger partial charge in [0.15, 0.2) is 12.1 Å². The van der Waals surface area contributed by atoms with Crippen molar-refractivity contribution in [1.29, 1.82) is 0 Å². The molecule has 0 radical (unpaired) electrons. The van der Waals surface area contributed by atoms with Crippen LogP contribution in [0.2, 0.25) is 0 Å². The summed E-state index contributed by atoms with van der Waals surface area (Å²) in [5.41, 5.74) is 2.90. The molecule has 1 saturated heterocycles. The number of carbonyl (C=O) groups is 2. The van der Waals surface area contributed by atoms with Crippen molar-refractivity contribution < 1.29 is 19.1 Å². The van der Waals surface area contributed by atoms with Crippen molar-refractivity contribution in [2.45, 2.75) is 25.8 Å². The summed E-state index contributed by atoms with van der Waals surface area (Å²) in [6.07, 6.45) is 2.85. The van der Waals surface area contributed by atoms with E-state index in [1.165, 1.54) is 17.3 Å². The number of halogens is 2. The first kappa shape index (κ1) is 24.2. The number of amides is 1. The largest absolute Gasteiger partial charge is 0.480 e. The Morgan fingerprint density at radius 3 is 2.48 bits per heavy atom. The molecule has 0 bridgehead atoms. The SMILES string of the molecule is CCOC(=O)COc1c(I)cc(/C=C2\S[C@H](Nc3ccc(CC)cc3)NC2=O)cc1I. The first-order chi connectivity index (χ1) is 14.9. The highest BCUT2D eigenvalue weighted by Gasteiger charge is 2.27. The zero-order valence-electron chi connectivity index (χ0n) is 17.0. The van der Waals surface area contributed by atoms with Gasteiger partial charge in [0.05, 0.1) is 18.7 Å². The van der Waals surface area contributed by atoms with Crippen LogP contribution in [0.5, 0.6) is 5.75 Å². The second kappa shape index (κ2) is 11.4. The molecule has 3 rings (SSSR count). The summed E-state index contributed by atoms with van der Waals surface area (Å²) in [5, 5.41) is 6.28. The lowest BCUT2D eigenvalue weighted by molar-refractivity contribution is -0.145.